The fraction of sp³-hybridized carbons (Fsp3) is 0.259. The third-order valence-corrected chi connectivity index (χ3v) is 6.09. The normalized spacial score (nSPS) is 23.7. The molecular weight excluding hydrogens is 462 g/mol. The van der Waals surface area contributed by atoms with Crippen LogP contribution in [0.15, 0.2) is 67.0 Å². The Morgan fingerprint density at radius 1 is 0.944 bits per heavy atom. The van der Waals surface area contributed by atoms with Crippen LogP contribution in [-0.2, 0) is 11.3 Å². The number of aliphatic hydroxyl groups is 4. The number of hydrogen-bond acceptors (Lipinski definition) is 8. The summed E-state index contributed by atoms with van der Waals surface area (Å²) < 4.78 is 11.3. The molecule has 0 unspecified atom stereocenters. The molecule has 3 heterocycles. The first-order valence-electron chi connectivity index (χ1n) is 11.5. The molecule has 0 bridgehead atoms. The SMILES string of the molecule is OC[C@H]1O[C@H](C#Cc2cc(-c3ccc(OCc4ccccc4)nc3)cc3cn[nH]c23)[C@@H](O)[C@@H](O)[C@@H]1O. The van der Waals surface area contributed by atoms with Gasteiger partial charge in [0.05, 0.1) is 23.9 Å². The number of H-pyrrole nitrogens is 1. The van der Waals surface area contributed by atoms with E-state index in [1.807, 2.05) is 48.5 Å². The molecule has 2 aromatic heterocycles. The Morgan fingerprint density at radius 2 is 1.78 bits per heavy atom. The summed E-state index contributed by atoms with van der Waals surface area (Å²) in [5.74, 6) is 6.31. The lowest BCUT2D eigenvalue weighted by Crippen LogP contribution is -2.58. The van der Waals surface area contributed by atoms with E-state index in [9.17, 15) is 20.4 Å². The number of rotatable bonds is 5. The summed E-state index contributed by atoms with van der Waals surface area (Å²) in [6.07, 6.45) is -3.05. The van der Waals surface area contributed by atoms with Crippen molar-refractivity contribution in [2.75, 3.05) is 6.61 Å². The van der Waals surface area contributed by atoms with Crippen LogP contribution in [0.3, 0.4) is 0 Å². The lowest BCUT2D eigenvalue weighted by molar-refractivity contribution is -0.214. The zero-order valence-corrected chi connectivity index (χ0v) is 19.2. The van der Waals surface area contributed by atoms with Crippen LogP contribution in [-0.4, -0.2) is 72.7 Å². The summed E-state index contributed by atoms with van der Waals surface area (Å²) in [5, 5.41) is 47.6. The maximum Gasteiger partial charge on any atom is 0.213 e. The molecule has 0 saturated carbocycles. The van der Waals surface area contributed by atoms with Crippen LogP contribution in [0, 0.1) is 11.8 Å². The van der Waals surface area contributed by atoms with E-state index in [0.29, 0.717) is 23.6 Å². The third-order valence-electron chi connectivity index (χ3n) is 6.09. The topological polar surface area (TPSA) is 141 Å². The first-order valence-corrected chi connectivity index (χ1v) is 11.5. The van der Waals surface area contributed by atoms with E-state index in [-0.39, 0.29) is 0 Å². The molecule has 2 aromatic carbocycles. The van der Waals surface area contributed by atoms with Crippen LogP contribution in [0.25, 0.3) is 22.0 Å². The largest absolute Gasteiger partial charge is 0.473 e. The first-order chi connectivity index (χ1) is 17.5. The summed E-state index contributed by atoms with van der Waals surface area (Å²) >= 11 is 0. The number of hydrogen-bond donors (Lipinski definition) is 5. The molecule has 5 atom stereocenters. The maximum absolute atomic E-state index is 10.3. The van der Waals surface area contributed by atoms with Gasteiger partial charge in [0.15, 0.2) is 0 Å². The Morgan fingerprint density at radius 3 is 2.53 bits per heavy atom. The minimum Gasteiger partial charge on any atom is -0.473 e. The van der Waals surface area contributed by atoms with Gasteiger partial charge in [-0.1, -0.05) is 42.2 Å². The minimum absolute atomic E-state index is 0.422. The Bertz CT molecular complexity index is 1380. The van der Waals surface area contributed by atoms with Gasteiger partial charge in [0.2, 0.25) is 5.88 Å². The lowest BCUT2D eigenvalue weighted by atomic mass is 9.95. The van der Waals surface area contributed by atoms with Gasteiger partial charge >= 0.3 is 0 Å². The molecule has 5 N–H and O–H groups in total. The van der Waals surface area contributed by atoms with Crippen molar-refractivity contribution < 1.29 is 29.9 Å². The van der Waals surface area contributed by atoms with E-state index in [1.54, 1.807) is 18.5 Å². The molecule has 0 aliphatic carbocycles. The summed E-state index contributed by atoms with van der Waals surface area (Å²) in [5.41, 5.74) is 4.05. The van der Waals surface area contributed by atoms with Crippen molar-refractivity contribution in [3.63, 3.8) is 0 Å². The molecule has 1 fully saturated rings. The van der Waals surface area contributed by atoms with Crippen LogP contribution in [0.2, 0.25) is 0 Å². The molecule has 1 saturated heterocycles. The molecule has 9 heteroatoms. The van der Waals surface area contributed by atoms with Crippen molar-refractivity contribution >= 4 is 10.9 Å². The molecule has 5 rings (SSSR count). The minimum atomic E-state index is -1.48. The molecule has 184 valence electrons. The molecule has 1 aliphatic heterocycles. The third kappa shape index (κ3) is 4.95. The zero-order chi connectivity index (χ0) is 25.1. The Labute approximate surface area is 207 Å². The molecular formula is C27H25N3O6. The van der Waals surface area contributed by atoms with Crippen molar-refractivity contribution in [3.8, 4) is 28.8 Å². The van der Waals surface area contributed by atoms with Crippen LogP contribution in [0.4, 0.5) is 0 Å². The molecule has 0 amide bonds. The summed E-state index contributed by atoms with van der Waals surface area (Å²) in [4.78, 5) is 4.42. The second-order valence-electron chi connectivity index (χ2n) is 8.54. The summed E-state index contributed by atoms with van der Waals surface area (Å²) in [7, 11) is 0. The predicted molar refractivity (Wildman–Crippen MR) is 131 cm³/mol. The van der Waals surface area contributed by atoms with Gasteiger partial charge in [-0.25, -0.2) is 4.98 Å². The Kier molecular flexibility index (Phi) is 6.95. The molecule has 1 aliphatic rings. The van der Waals surface area contributed by atoms with Crippen LogP contribution in [0.5, 0.6) is 5.88 Å². The number of aromatic nitrogens is 3. The maximum atomic E-state index is 10.3. The van der Waals surface area contributed by atoms with Crippen molar-refractivity contribution in [2.24, 2.45) is 0 Å². The number of pyridine rings is 1. The van der Waals surface area contributed by atoms with E-state index < -0.39 is 37.1 Å². The number of ether oxygens (including phenoxy) is 2. The van der Waals surface area contributed by atoms with Crippen LogP contribution < -0.4 is 4.74 Å². The fourth-order valence-electron chi connectivity index (χ4n) is 4.06. The lowest BCUT2D eigenvalue weighted by Gasteiger charge is -2.37. The average molecular weight is 488 g/mol. The standard InChI is InChI=1S/C27H25N3O6/c31-14-22-26(33)27(34)25(32)21(36-22)8-6-17-10-19(11-20-13-29-30-24(17)20)18-7-9-23(28-12-18)35-15-16-4-2-1-3-5-16/h1-5,7,9-13,21-22,25-27,31-34H,14-15H2,(H,29,30)/t21-,22-,25-,26-,27-/m1/s1. The van der Waals surface area contributed by atoms with Crippen LogP contribution in [0.1, 0.15) is 11.1 Å². The highest BCUT2D eigenvalue weighted by Gasteiger charge is 2.42. The molecule has 0 spiro atoms. The number of nitrogens with zero attached hydrogens (tertiary/aromatic N) is 2. The predicted octanol–water partition coefficient (Wildman–Crippen LogP) is 1.40. The molecule has 0 radical (unpaired) electrons. The fourth-order valence-corrected chi connectivity index (χ4v) is 4.06. The van der Waals surface area contributed by atoms with Crippen LogP contribution >= 0.6 is 0 Å². The first kappa shape index (κ1) is 23.9. The van der Waals surface area contributed by atoms with E-state index >= 15 is 0 Å². The summed E-state index contributed by atoms with van der Waals surface area (Å²) in [6.45, 7) is -0.0900. The quantitative estimate of drug-likeness (QED) is 0.266. The Balaban J connectivity index is 1.39. The van der Waals surface area contributed by atoms with Gasteiger partial charge in [0.25, 0.3) is 0 Å². The van der Waals surface area contributed by atoms with Gasteiger partial charge in [0.1, 0.15) is 37.1 Å². The highest BCUT2D eigenvalue weighted by molar-refractivity contribution is 5.89. The van der Waals surface area contributed by atoms with E-state index in [1.165, 1.54) is 0 Å². The van der Waals surface area contributed by atoms with Gasteiger partial charge in [-0.2, -0.15) is 5.10 Å². The van der Waals surface area contributed by atoms with Gasteiger partial charge in [-0.3, -0.25) is 5.10 Å². The molecule has 36 heavy (non-hydrogen) atoms. The number of nitrogens with one attached hydrogen (secondary N) is 1. The second-order valence-corrected chi connectivity index (χ2v) is 8.54. The van der Waals surface area contributed by atoms with Gasteiger partial charge in [-0.15, -0.1) is 0 Å². The number of benzene rings is 2. The molecule has 4 aromatic rings. The highest BCUT2D eigenvalue weighted by atomic mass is 16.5. The molecule has 9 nitrogen and oxygen atoms in total. The van der Waals surface area contributed by atoms with E-state index in [0.717, 1.165) is 22.1 Å². The number of fused-ring (bicyclic) bond motifs is 1. The Hall–Kier alpha value is -3.78. The number of aliphatic hydroxyl groups excluding tert-OH is 4. The summed E-state index contributed by atoms with van der Waals surface area (Å²) in [6, 6.07) is 17.4. The van der Waals surface area contributed by atoms with E-state index in [4.69, 9.17) is 9.47 Å². The van der Waals surface area contributed by atoms with Gasteiger partial charge in [0, 0.05) is 23.2 Å². The number of aromatic amines is 1. The second kappa shape index (κ2) is 10.5. The van der Waals surface area contributed by atoms with Crippen molar-refractivity contribution in [1.82, 2.24) is 15.2 Å². The van der Waals surface area contributed by atoms with Crippen molar-refractivity contribution in [1.29, 1.82) is 0 Å². The monoisotopic (exact) mass is 487 g/mol. The van der Waals surface area contributed by atoms with Crippen molar-refractivity contribution in [3.05, 3.63) is 78.1 Å². The van der Waals surface area contributed by atoms with E-state index in [2.05, 4.69) is 27.0 Å². The zero-order valence-electron chi connectivity index (χ0n) is 19.2. The average Bonchev–Trinajstić information content (AvgIpc) is 3.40. The van der Waals surface area contributed by atoms with Gasteiger partial charge < -0.3 is 29.9 Å². The smallest absolute Gasteiger partial charge is 0.213 e. The highest BCUT2D eigenvalue weighted by Crippen LogP contribution is 2.27. The van der Waals surface area contributed by atoms with Crippen molar-refractivity contribution in [2.45, 2.75) is 37.1 Å². The van der Waals surface area contributed by atoms with Gasteiger partial charge in [-0.05, 0) is 29.3 Å².